The first-order valence-corrected chi connectivity index (χ1v) is 6.80. The standard InChI is InChI=1S/C15H24N3O2.Y/c1-3-12(16)15(20)18-13(14(19)10-17-2)9-11-7-5-4-6-8-11;/h4-8,12-14,17,19H,1,3,9-10,16H2,2H3,(H,18,20);/q-1;/t12-,13?,14-;/m1./s1. The minimum atomic E-state index is -0.679. The van der Waals surface area contributed by atoms with Crippen molar-refractivity contribution in [3.05, 3.63) is 42.8 Å². The number of hydrogen-bond donors (Lipinski definition) is 4. The van der Waals surface area contributed by atoms with Gasteiger partial charge in [0.05, 0.1) is 18.2 Å². The Bertz CT molecular complexity index is 403. The Morgan fingerprint density at radius 2 is 2.00 bits per heavy atom. The summed E-state index contributed by atoms with van der Waals surface area (Å²) < 4.78 is 0. The van der Waals surface area contributed by atoms with Crippen LogP contribution in [-0.2, 0) is 43.9 Å². The number of hydrogen-bond acceptors (Lipinski definition) is 4. The Balaban J connectivity index is 0.00000400. The van der Waals surface area contributed by atoms with Crippen LogP contribution in [0.5, 0.6) is 0 Å². The number of nitrogens with one attached hydrogen (secondary N) is 2. The van der Waals surface area contributed by atoms with Crippen LogP contribution in [0.15, 0.2) is 30.3 Å². The molecule has 6 heteroatoms. The second kappa shape index (κ2) is 11.3. The number of aliphatic hydroxyl groups excluding tert-OH is 1. The first-order valence-electron chi connectivity index (χ1n) is 6.80. The van der Waals surface area contributed by atoms with Crippen LogP contribution in [0.2, 0.25) is 0 Å². The van der Waals surface area contributed by atoms with Gasteiger partial charge < -0.3 is 28.4 Å². The van der Waals surface area contributed by atoms with E-state index in [-0.39, 0.29) is 44.7 Å². The third-order valence-electron chi connectivity index (χ3n) is 3.15. The van der Waals surface area contributed by atoms with Crippen molar-refractivity contribution in [1.82, 2.24) is 10.6 Å². The van der Waals surface area contributed by atoms with Gasteiger partial charge in [-0.2, -0.15) is 6.42 Å². The van der Waals surface area contributed by atoms with E-state index < -0.39 is 12.1 Å². The molecule has 0 aliphatic carbocycles. The summed E-state index contributed by atoms with van der Waals surface area (Å²) in [6.45, 7) is 4.02. The molecule has 0 spiro atoms. The first kappa shape index (κ1) is 20.7. The van der Waals surface area contributed by atoms with Crippen molar-refractivity contribution in [2.45, 2.75) is 31.0 Å². The van der Waals surface area contributed by atoms with Gasteiger partial charge >= 0.3 is 0 Å². The number of carbonyl (C=O) groups is 1. The summed E-state index contributed by atoms with van der Waals surface area (Å²) in [5.74, 6) is -0.281. The van der Waals surface area contributed by atoms with E-state index in [4.69, 9.17) is 5.73 Å². The number of rotatable bonds is 8. The average Bonchev–Trinajstić information content (AvgIpc) is 2.46. The van der Waals surface area contributed by atoms with Crippen molar-refractivity contribution in [2.75, 3.05) is 13.6 Å². The molecule has 1 rings (SSSR count). The Morgan fingerprint density at radius 3 is 2.52 bits per heavy atom. The van der Waals surface area contributed by atoms with Crippen LogP contribution in [0, 0.1) is 6.92 Å². The normalized spacial score (nSPS) is 14.7. The quantitative estimate of drug-likeness (QED) is 0.481. The SMILES string of the molecule is [CH2-]C[C@@H](N)C(=O)NC(Cc1ccccc1)[C@H](O)CNC.[Y]. The molecule has 0 aromatic heterocycles. The van der Waals surface area contributed by atoms with Crippen molar-refractivity contribution in [3.63, 3.8) is 0 Å². The van der Waals surface area contributed by atoms with E-state index in [2.05, 4.69) is 17.6 Å². The monoisotopic (exact) mass is 367 g/mol. The average molecular weight is 367 g/mol. The molecule has 1 aromatic carbocycles. The van der Waals surface area contributed by atoms with Crippen molar-refractivity contribution in [2.24, 2.45) is 5.73 Å². The topological polar surface area (TPSA) is 87.4 Å². The second-order valence-corrected chi connectivity index (χ2v) is 4.82. The van der Waals surface area contributed by atoms with E-state index in [0.717, 1.165) is 5.56 Å². The molecule has 115 valence electrons. The van der Waals surface area contributed by atoms with E-state index in [9.17, 15) is 9.90 Å². The second-order valence-electron chi connectivity index (χ2n) is 4.82. The molecule has 1 radical (unpaired) electrons. The summed E-state index contributed by atoms with van der Waals surface area (Å²) in [4.78, 5) is 11.9. The van der Waals surface area contributed by atoms with Gasteiger partial charge in [-0.25, -0.2) is 0 Å². The van der Waals surface area contributed by atoms with Crippen LogP contribution in [0.1, 0.15) is 12.0 Å². The van der Waals surface area contributed by atoms with Crippen molar-refractivity contribution in [3.8, 4) is 0 Å². The molecule has 0 fully saturated rings. The molecular weight excluding hydrogens is 343 g/mol. The van der Waals surface area contributed by atoms with Crippen LogP contribution in [0.25, 0.3) is 0 Å². The molecular formula is C15H24N3O2Y-. The Hall–Kier alpha value is -0.326. The number of benzene rings is 1. The fourth-order valence-corrected chi connectivity index (χ4v) is 1.92. The Morgan fingerprint density at radius 1 is 1.38 bits per heavy atom. The van der Waals surface area contributed by atoms with Gasteiger partial charge in [-0.15, -0.1) is 0 Å². The molecule has 0 aliphatic heterocycles. The molecule has 0 heterocycles. The largest absolute Gasteiger partial charge is 0.390 e. The molecule has 5 nitrogen and oxygen atoms in total. The predicted molar refractivity (Wildman–Crippen MR) is 80.0 cm³/mol. The maximum Gasteiger partial charge on any atom is 0.234 e. The third-order valence-corrected chi connectivity index (χ3v) is 3.15. The number of amides is 1. The first-order chi connectivity index (χ1) is 9.58. The van der Waals surface area contributed by atoms with Gasteiger partial charge in [0.1, 0.15) is 0 Å². The van der Waals surface area contributed by atoms with Crippen LogP contribution < -0.4 is 16.4 Å². The van der Waals surface area contributed by atoms with Gasteiger partial charge in [0.2, 0.25) is 5.91 Å². The van der Waals surface area contributed by atoms with Gasteiger partial charge in [-0.05, 0) is 19.0 Å². The molecule has 1 aromatic rings. The van der Waals surface area contributed by atoms with E-state index in [1.807, 2.05) is 30.3 Å². The molecule has 5 N–H and O–H groups in total. The van der Waals surface area contributed by atoms with Crippen molar-refractivity contribution < 1.29 is 42.6 Å². The van der Waals surface area contributed by atoms with E-state index in [0.29, 0.717) is 19.4 Å². The summed E-state index contributed by atoms with van der Waals surface area (Å²) in [5, 5.41) is 15.9. The Kier molecular flexibility index (Phi) is 11.1. The Labute approximate surface area is 151 Å². The summed E-state index contributed by atoms with van der Waals surface area (Å²) in [7, 11) is 1.76. The molecule has 1 unspecified atom stereocenters. The summed E-state index contributed by atoms with van der Waals surface area (Å²) >= 11 is 0. The van der Waals surface area contributed by atoms with E-state index in [1.54, 1.807) is 7.05 Å². The van der Waals surface area contributed by atoms with Crippen LogP contribution in [0.3, 0.4) is 0 Å². The summed E-state index contributed by atoms with van der Waals surface area (Å²) in [5.41, 5.74) is 6.71. The molecule has 3 atom stereocenters. The maximum absolute atomic E-state index is 11.9. The zero-order valence-corrected chi connectivity index (χ0v) is 15.3. The summed E-state index contributed by atoms with van der Waals surface area (Å²) in [6, 6.07) is 8.70. The third kappa shape index (κ3) is 7.47. The number of nitrogens with two attached hydrogens (primary N) is 1. The van der Waals surface area contributed by atoms with Crippen molar-refractivity contribution >= 4 is 5.91 Å². The zero-order valence-electron chi connectivity index (χ0n) is 12.5. The fourth-order valence-electron chi connectivity index (χ4n) is 1.92. The van der Waals surface area contributed by atoms with Gasteiger partial charge in [0.15, 0.2) is 0 Å². The molecule has 0 bridgehead atoms. The number of carbonyl (C=O) groups excluding carboxylic acids is 1. The van der Waals surface area contributed by atoms with Crippen molar-refractivity contribution in [1.29, 1.82) is 0 Å². The van der Waals surface area contributed by atoms with Gasteiger partial charge in [0, 0.05) is 39.3 Å². The molecule has 21 heavy (non-hydrogen) atoms. The van der Waals surface area contributed by atoms with Crippen LogP contribution >= 0.6 is 0 Å². The van der Waals surface area contributed by atoms with Crippen LogP contribution in [-0.4, -0.2) is 42.8 Å². The van der Waals surface area contributed by atoms with Gasteiger partial charge in [-0.3, -0.25) is 4.79 Å². The predicted octanol–water partition coefficient (Wildman–Crippen LogP) is -0.157. The molecule has 1 amide bonds. The fraction of sp³-hybridized carbons (Fsp3) is 0.467. The van der Waals surface area contributed by atoms with Gasteiger partial charge in [-0.1, -0.05) is 30.3 Å². The molecule has 0 saturated heterocycles. The van der Waals surface area contributed by atoms with E-state index in [1.165, 1.54) is 0 Å². The minimum absolute atomic E-state index is 0. The van der Waals surface area contributed by atoms with E-state index >= 15 is 0 Å². The molecule has 0 aliphatic rings. The zero-order chi connectivity index (χ0) is 15.0. The summed E-state index contributed by atoms with van der Waals surface area (Å²) in [6.07, 6.45) is 0.201. The minimum Gasteiger partial charge on any atom is -0.390 e. The van der Waals surface area contributed by atoms with Gasteiger partial charge in [0.25, 0.3) is 0 Å². The maximum atomic E-state index is 11.9. The smallest absolute Gasteiger partial charge is 0.234 e. The number of aliphatic hydroxyl groups is 1. The van der Waals surface area contributed by atoms with Crippen LogP contribution in [0.4, 0.5) is 0 Å². The molecule has 0 saturated carbocycles. The number of likely N-dealkylation sites (N-methyl/N-ethyl adjacent to an activating group) is 1.